The van der Waals surface area contributed by atoms with Gasteiger partial charge in [0.2, 0.25) is 17.7 Å². The summed E-state index contributed by atoms with van der Waals surface area (Å²) >= 11 is 0. The Balaban J connectivity index is 0.000000160. The molecule has 4 unspecified atom stereocenters. The number of benzene rings is 5. The number of methoxy groups -OCH3 is 2. The molecule has 4 aromatic heterocycles. The highest BCUT2D eigenvalue weighted by molar-refractivity contribution is 5.96. The van der Waals surface area contributed by atoms with Gasteiger partial charge >= 0.3 is 17.9 Å². The molecule has 586 valence electrons. The Kier molecular flexibility index (Phi) is 27.7. The number of hydrogen-bond donors (Lipinski definition) is 8. The van der Waals surface area contributed by atoms with Crippen molar-refractivity contribution in [1.29, 1.82) is 0 Å². The molecule has 0 bridgehead atoms. The van der Waals surface area contributed by atoms with Crippen molar-refractivity contribution < 1.29 is 70.8 Å². The monoisotopic (exact) mass is 1540 g/mol. The summed E-state index contributed by atoms with van der Waals surface area (Å²) in [7, 11) is 2.40. The van der Waals surface area contributed by atoms with Crippen molar-refractivity contribution in [3.05, 3.63) is 202 Å². The maximum absolute atomic E-state index is 15.0. The van der Waals surface area contributed by atoms with E-state index in [4.69, 9.17) is 28.0 Å². The highest BCUT2D eigenvalue weighted by Gasteiger charge is 2.30. The van der Waals surface area contributed by atoms with Gasteiger partial charge in [-0.2, -0.15) is 0 Å². The number of likely N-dealkylation sites (tertiary alicyclic amines) is 3. The molecule has 4 aliphatic heterocycles. The number of anilines is 4. The van der Waals surface area contributed by atoms with Crippen molar-refractivity contribution >= 4 is 64.8 Å². The van der Waals surface area contributed by atoms with E-state index in [2.05, 4.69) is 60.0 Å². The Hall–Kier alpha value is -12.5. The van der Waals surface area contributed by atoms with Crippen LogP contribution < -0.4 is 33.6 Å². The molecule has 0 spiro atoms. The molecule has 13 rings (SSSR count). The van der Waals surface area contributed by atoms with Gasteiger partial charge in [0, 0.05) is 113 Å². The molecule has 112 heavy (non-hydrogen) atoms. The topological polar surface area (TPSA) is 419 Å². The van der Waals surface area contributed by atoms with Gasteiger partial charge in [-0.05, 0) is 112 Å². The molecule has 5 atom stereocenters. The number of carboxylic acids is 1. The lowest BCUT2D eigenvalue weighted by Crippen LogP contribution is -2.37. The number of carboxylic acid groups (broad SMARTS) is 1. The number of aromatic carboxylic acids is 1. The Morgan fingerprint density at radius 3 is 1.12 bits per heavy atom. The minimum atomic E-state index is -1.34. The van der Waals surface area contributed by atoms with Crippen LogP contribution in [0.15, 0.2) is 128 Å². The molecule has 4 fully saturated rings. The first-order valence-corrected chi connectivity index (χ1v) is 36.3. The predicted octanol–water partition coefficient (Wildman–Crippen LogP) is 9.84. The van der Waals surface area contributed by atoms with E-state index in [0.29, 0.717) is 87.3 Å². The molecular formula is C80H87F4N17O11. The van der Waals surface area contributed by atoms with Gasteiger partial charge in [0.05, 0.1) is 96.7 Å². The minimum Gasteiger partial charge on any atom is -0.478 e. The highest BCUT2D eigenvalue weighted by atomic mass is 19.1. The van der Waals surface area contributed by atoms with Gasteiger partial charge in [0.15, 0.2) is 0 Å². The molecule has 0 aliphatic carbocycles. The molecule has 9 aromatic rings. The number of aliphatic hydroxyl groups is 1. The number of aliphatic hydroxyl groups excluding tert-OH is 1. The smallest absolute Gasteiger partial charge is 0.340 e. The second-order valence-corrected chi connectivity index (χ2v) is 27.3. The van der Waals surface area contributed by atoms with E-state index >= 15 is 4.39 Å². The number of nitrogens with one attached hydrogen (secondary N) is 2. The molecule has 5 aromatic carbocycles. The van der Waals surface area contributed by atoms with E-state index in [0.717, 1.165) is 95.9 Å². The highest BCUT2D eigenvalue weighted by Crippen LogP contribution is 2.36. The number of rotatable bonds is 15. The summed E-state index contributed by atoms with van der Waals surface area (Å²) in [6.07, 6.45) is 13.8. The lowest BCUT2D eigenvalue weighted by Gasteiger charge is -2.31. The number of ether oxygens (including phenoxy) is 2. The van der Waals surface area contributed by atoms with Crippen LogP contribution >= 0.6 is 0 Å². The SMILES string of the molecule is CC(=O)N1CCCC(c2cnc(N)c(-c3ccc(C(=O)N[C@H](CO)c4ccccc4)c(F)c3)n2)C1.CC(=O)N1CCCC(c2cnc(N)c(-c3ccc(C(=O)O)c(F)c3)n2)C1.COC(=O)c1ccc(-c2nc(C3CCCN(C(C)=O)C3)cnc2N)cc1F.COC(=O)c1ccc(-c2nc(C3CCCNC3)cnc2N)cc1F. The molecule has 32 heteroatoms. The number of nitrogens with zero attached hydrogens (tertiary/aromatic N) is 11. The maximum Gasteiger partial charge on any atom is 0.340 e. The van der Waals surface area contributed by atoms with Crippen LogP contribution in [-0.2, 0) is 23.9 Å². The van der Waals surface area contributed by atoms with Gasteiger partial charge in [-0.1, -0.05) is 54.6 Å². The molecule has 28 nitrogen and oxygen atoms in total. The van der Waals surface area contributed by atoms with E-state index in [-0.39, 0.29) is 88.0 Å². The van der Waals surface area contributed by atoms with Gasteiger partial charge in [0.25, 0.3) is 5.91 Å². The second kappa shape index (κ2) is 37.8. The Morgan fingerprint density at radius 1 is 0.482 bits per heavy atom. The van der Waals surface area contributed by atoms with Gasteiger partial charge < -0.3 is 68.0 Å². The summed E-state index contributed by atoms with van der Waals surface area (Å²) < 4.78 is 66.5. The number of nitrogen functional groups attached to an aromatic ring is 4. The van der Waals surface area contributed by atoms with E-state index in [1.54, 1.807) is 95.8 Å². The number of carbonyl (C=O) groups excluding carboxylic acids is 6. The maximum atomic E-state index is 15.0. The van der Waals surface area contributed by atoms with Crippen molar-refractivity contribution in [2.75, 3.05) is 96.1 Å². The van der Waals surface area contributed by atoms with Crippen LogP contribution in [-0.4, -0.2) is 180 Å². The third-order valence-corrected chi connectivity index (χ3v) is 19.8. The largest absolute Gasteiger partial charge is 0.478 e. The number of aromatic nitrogens is 8. The van der Waals surface area contributed by atoms with Crippen LogP contribution in [0.4, 0.5) is 40.8 Å². The standard InChI is InChI=1S/C26H28FN5O3.C19H21FN4O3.C18H19FN4O3.C17H19FN4O2/c1-16(34)32-11-5-8-19(14-32)22-13-29-25(28)24(30-22)18-9-10-20(21(27)12-18)26(35)31-23(15-33)17-6-3-2-4-7-17;1-11(25)24-7-3-4-13(10-24)16-9-22-18(21)17(23-16)12-5-6-14(15(20)8-12)19(26)27-2;1-10(24)23-6-2-3-12(9-23)15-8-21-17(20)16(22-15)11-4-5-13(18(25)26)14(19)7-11;1-24-17(23)12-5-4-10(7-13(12)18)15-16(19)21-9-14(22-15)11-3-2-6-20-8-11/h2-4,6-7,9-10,12-13,19,23,33H,5,8,11,14-15H2,1H3,(H2,28,29)(H,31,35);5-6,8-9,13H,3-4,7,10H2,1-2H3,(H2,21,22);4-5,7-8,12H,2-3,6,9H2,1H3,(H2,20,21)(H,25,26);4-5,7,9,11,20H,2-3,6,8H2,1H3,(H2,19,21)/t19?,23-;;;/m1.../s1. The van der Waals surface area contributed by atoms with E-state index in [1.165, 1.54) is 69.7 Å². The first-order chi connectivity index (χ1) is 53.7. The van der Waals surface area contributed by atoms with Crippen LogP contribution in [0.25, 0.3) is 45.0 Å². The molecular weight excluding hydrogens is 1450 g/mol. The van der Waals surface area contributed by atoms with Gasteiger partial charge in [-0.3, -0.25) is 19.2 Å². The number of hydrogen-bond acceptors (Lipinski definition) is 23. The number of piperidine rings is 4. The normalized spacial score (nSPS) is 17.0. The molecule has 8 heterocycles. The fraction of sp³-hybridized carbons (Fsp3) is 0.338. The summed E-state index contributed by atoms with van der Waals surface area (Å²) in [4.78, 5) is 122. The average molecular weight is 1540 g/mol. The molecule has 12 N–H and O–H groups in total. The first kappa shape index (κ1) is 82.1. The quantitative estimate of drug-likeness (QED) is 0.0349. The zero-order valence-electron chi connectivity index (χ0n) is 62.3. The molecule has 0 radical (unpaired) electrons. The van der Waals surface area contributed by atoms with Crippen molar-refractivity contribution in [2.45, 2.75) is 102 Å². The Labute approximate surface area is 642 Å². The van der Waals surface area contributed by atoms with Crippen LogP contribution in [0.2, 0.25) is 0 Å². The zero-order chi connectivity index (χ0) is 80.4. The number of amides is 4. The lowest BCUT2D eigenvalue weighted by molar-refractivity contribution is -0.130. The van der Waals surface area contributed by atoms with Crippen LogP contribution in [0.1, 0.15) is 172 Å². The van der Waals surface area contributed by atoms with Crippen LogP contribution in [0, 0.1) is 23.3 Å². The third-order valence-electron chi connectivity index (χ3n) is 19.8. The third kappa shape index (κ3) is 20.3. The van der Waals surface area contributed by atoms with Crippen molar-refractivity contribution in [3.8, 4) is 45.0 Å². The molecule has 4 amide bonds. The fourth-order valence-corrected chi connectivity index (χ4v) is 13.6. The number of halogens is 4. The van der Waals surface area contributed by atoms with E-state index in [1.807, 2.05) is 6.07 Å². The molecule has 4 saturated heterocycles. The van der Waals surface area contributed by atoms with Crippen LogP contribution in [0.5, 0.6) is 0 Å². The van der Waals surface area contributed by atoms with E-state index in [9.17, 15) is 51.8 Å². The molecule has 4 aliphatic rings. The van der Waals surface area contributed by atoms with E-state index < -0.39 is 58.7 Å². The number of carbonyl (C=O) groups is 7. The minimum absolute atomic E-state index is 0.0165. The number of nitrogens with two attached hydrogens (primary N) is 4. The van der Waals surface area contributed by atoms with Crippen molar-refractivity contribution in [3.63, 3.8) is 0 Å². The summed E-state index contributed by atoms with van der Waals surface area (Å²) in [6, 6.07) is 24.5. The van der Waals surface area contributed by atoms with Gasteiger partial charge in [0.1, 0.15) is 69.3 Å². The zero-order valence-corrected chi connectivity index (χ0v) is 62.3. The van der Waals surface area contributed by atoms with Crippen LogP contribution in [0.3, 0.4) is 0 Å². The predicted molar refractivity (Wildman–Crippen MR) is 408 cm³/mol. The number of esters is 2. The Bertz CT molecular complexity index is 4950. The van der Waals surface area contributed by atoms with Gasteiger partial charge in [-0.15, -0.1) is 0 Å². The van der Waals surface area contributed by atoms with Crippen molar-refractivity contribution in [1.82, 2.24) is 65.2 Å². The van der Waals surface area contributed by atoms with Crippen molar-refractivity contribution in [2.24, 2.45) is 0 Å². The first-order valence-electron chi connectivity index (χ1n) is 36.3. The fourth-order valence-electron chi connectivity index (χ4n) is 13.6. The summed E-state index contributed by atoms with van der Waals surface area (Å²) in [5, 5.41) is 24.6. The van der Waals surface area contributed by atoms with Gasteiger partial charge in [-0.25, -0.2) is 71.8 Å². The second-order valence-electron chi connectivity index (χ2n) is 27.3. The summed E-state index contributed by atoms with van der Waals surface area (Å²) in [6.45, 7) is 10.0. The summed E-state index contributed by atoms with van der Waals surface area (Å²) in [5.41, 5.74) is 29.7. The molecule has 0 saturated carbocycles. The Morgan fingerprint density at radius 2 is 0.812 bits per heavy atom. The lowest BCUT2D eigenvalue weighted by atomic mass is 9.94. The summed E-state index contributed by atoms with van der Waals surface area (Å²) in [5.74, 6) is -5.33. The average Bonchev–Trinajstić information content (AvgIpc) is 0.809.